The van der Waals surface area contributed by atoms with Gasteiger partial charge in [-0.05, 0) is 31.2 Å². The van der Waals surface area contributed by atoms with Crippen LogP contribution in [0.5, 0.6) is 0 Å². The Kier molecular flexibility index (Phi) is 5.04. The van der Waals surface area contributed by atoms with Crippen molar-refractivity contribution >= 4 is 11.3 Å². The first-order valence-corrected chi connectivity index (χ1v) is 8.90. The number of thiazole rings is 1. The molecule has 21 heavy (non-hydrogen) atoms. The molecule has 0 radical (unpaired) electrons. The van der Waals surface area contributed by atoms with E-state index in [1.807, 2.05) is 0 Å². The van der Waals surface area contributed by atoms with Crippen LogP contribution in [0.3, 0.4) is 0 Å². The number of hydrogen-bond donors (Lipinski definition) is 1. The fourth-order valence-electron chi connectivity index (χ4n) is 3.37. The van der Waals surface area contributed by atoms with Crippen molar-refractivity contribution in [2.75, 3.05) is 0 Å². The molecule has 2 nitrogen and oxygen atoms in total. The Morgan fingerprint density at radius 3 is 2.62 bits per heavy atom. The van der Waals surface area contributed by atoms with Crippen LogP contribution in [-0.2, 0) is 6.54 Å². The fourth-order valence-corrected chi connectivity index (χ4v) is 4.09. The number of aromatic nitrogens is 1. The summed E-state index contributed by atoms with van der Waals surface area (Å²) in [6, 6.07) is 11.4. The van der Waals surface area contributed by atoms with E-state index in [9.17, 15) is 0 Å². The van der Waals surface area contributed by atoms with Crippen molar-refractivity contribution in [3.8, 4) is 0 Å². The highest BCUT2D eigenvalue weighted by Crippen LogP contribution is 2.34. The molecule has 1 unspecified atom stereocenters. The summed E-state index contributed by atoms with van der Waals surface area (Å²) < 4.78 is 0. The molecule has 0 saturated heterocycles. The van der Waals surface area contributed by atoms with Gasteiger partial charge in [-0.3, -0.25) is 0 Å². The Bertz CT molecular complexity index is 543. The van der Waals surface area contributed by atoms with E-state index in [4.69, 9.17) is 0 Å². The van der Waals surface area contributed by atoms with Crippen LogP contribution in [0, 0.1) is 12.8 Å². The SMILES string of the molecule is Cc1csc(CNC(c2ccccc2)C2CCCCC2)n1. The number of hydrogen-bond acceptors (Lipinski definition) is 3. The molecule has 1 fully saturated rings. The van der Waals surface area contributed by atoms with E-state index in [2.05, 4.69) is 52.9 Å². The lowest BCUT2D eigenvalue weighted by Gasteiger charge is -2.31. The molecule has 1 aromatic carbocycles. The van der Waals surface area contributed by atoms with E-state index < -0.39 is 0 Å². The van der Waals surface area contributed by atoms with Crippen LogP contribution < -0.4 is 5.32 Å². The molecule has 1 aliphatic rings. The molecule has 0 aliphatic heterocycles. The molecule has 0 bridgehead atoms. The van der Waals surface area contributed by atoms with E-state index in [1.165, 1.54) is 42.7 Å². The molecule has 3 rings (SSSR count). The Morgan fingerprint density at radius 2 is 1.95 bits per heavy atom. The van der Waals surface area contributed by atoms with E-state index in [-0.39, 0.29) is 0 Å². The third kappa shape index (κ3) is 3.92. The Labute approximate surface area is 131 Å². The smallest absolute Gasteiger partial charge is 0.107 e. The van der Waals surface area contributed by atoms with Crippen LogP contribution in [-0.4, -0.2) is 4.98 Å². The average Bonchev–Trinajstić information content (AvgIpc) is 2.95. The topological polar surface area (TPSA) is 24.9 Å². The van der Waals surface area contributed by atoms with Crippen LogP contribution in [0.25, 0.3) is 0 Å². The highest BCUT2D eigenvalue weighted by molar-refractivity contribution is 7.09. The number of rotatable bonds is 5. The van der Waals surface area contributed by atoms with E-state index >= 15 is 0 Å². The van der Waals surface area contributed by atoms with Gasteiger partial charge in [-0.15, -0.1) is 11.3 Å². The predicted molar refractivity (Wildman–Crippen MR) is 89.4 cm³/mol. The monoisotopic (exact) mass is 300 g/mol. The third-order valence-corrected chi connectivity index (χ3v) is 5.39. The summed E-state index contributed by atoms with van der Waals surface area (Å²) >= 11 is 1.76. The molecule has 1 heterocycles. The van der Waals surface area contributed by atoms with Crippen molar-refractivity contribution in [1.29, 1.82) is 0 Å². The summed E-state index contributed by atoms with van der Waals surface area (Å²) in [5, 5.41) is 7.12. The van der Waals surface area contributed by atoms with Gasteiger partial charge in [0.15, 0.2) is 0 Å². The molecular weight excluding hydrogens is 276 g/mol. The maximum atomic E-state index is 4.58. The molecule has 1 N–H and O–H groups in total. The second-order valence-electron chi connectivity index (χ2n) is 6.05. The minimum atomic E-state index is 0.468. The maximum absolute atomic E-state index is 4.58. The zero-order valence-corrected chi connectivity index (χ0v) is 13.5. The van der Waals surface area contributed by atoms with Gasteiger partial charge in [0.05, 0.1) is 0 Å². The zero-order chi connectivity index (χ0) is 14.5. The summed E-state index contributed by atoms with van der Waals surface area (Å²) in [4.78, 5) is 4.58. The number of nitrogens with zero attached hydrogens (tertiary/aromatic N) is 1. The molecule has 112 valence electrons. The summed E-state index contributed by atoms with van der Waals surface area (Å²) in [5.41, 5.74) is 2.56. The summed E-state index contributed by atoms with van der Waals surface area (Å²) in [7, 11) is 0. The van der Waals surface area contributed by atoms with Crippen molar-refractivity contribution in [2.45, 2.75) is 51.6 Å². The highest BCUT2D eigenvalue weighted by Gasteiger charge is 2.24. The maximum Gasteiger partial charge on any atom is 0.107 e. The highest BCUT2D eigenvalue weighted by atomic mass is 32.1. The Hall–Kier alpha value is -1.19. The van der Waals surface area contributed by atoms with Crippen LogP contribution >= 0.6 is 11.3 Å². The molecule has 1 aliphatic carbocycles. The molecule has 2 aromatic rings. The lowest BCUT2D eigenvalue weighted by molar-refractivity contribution is 0.270. The minimum absolute atomic E-state index is 0.468. The largest absolute Gasteiger partial charge is 0.303 e. The van der Waals surface area contributed by atoms with E-state index in [0.717, 1.165) is 18.2 Å². The Balaban J connectivity index is 1.72. The van der Waals surface area contributed by atoms with Crippen molar-refractivity contribution in [2.24, 2.45) is 5.92 Å². The van der Waals surface area contributed by atoms with Gasteiger partial charge in [-0.1, -0.05) is 49.6 Å². The summed E-state index contributed by atoms with van der Waals surface area (Å²) in [6.45, 7) is 2.95. The molecular formula is C18H24N2S. The van der Waals surface area contributed by atoms with Gasteiger partial charge >= 0.3 is 0 Å². The number of nitrogens with one attached hydrogen (secondary N) is 1. The lowest BCUT2D eigenvalue weighted by atomic mass is 9.81. The van der Waals surface area contributed by atoms with E-state index in [0.29, 0.717) is 6.04 Å². The summed E-state index contributed by atoms with van der Waals surface area (Å²) in [5.74, 6) is 0.766. The zero-order valence-electron chi connectivity index (χ0n) is 12.7. The van der Waals surface area contributed by atoms with Gasteiger partial charge in [-0.2, -0.15) is 0 Å². The first-order chi connectivity index (χ1) is 10.3. The van der Waals surface area contributed by atoms with Gasteiger partial charge in [-0.25, -0.2) is 4.98 Å². The van der Waals surface area contributed by atoms with Gasteiger partial charge in [0.1, 0.15) is 5.01 Å². The molecule has 0 amide bonds. The second kappa shape index (κ2) is 7.19. The Morgan fingerprint density at radius 1 is 1.19 bits per heavy atom. The van der Waals surface area contributed by atoms with Gasteiger partial charge in [0.25, 0.3) is 0 Å². The van der Waals surface area contributed by atoms with Crippen LogP contribution in [0.15, 0.2) is 35.7 Å². The normalized spacial score (nSPS) is 17.8. The first-order valence-electron chi connectivity index (χ1n) is 8.02. The van der Waals surface area contributed by atoms with Crippen LogP contribution in [0.4, 0.5) is 0 Å². The van der Waals surface area contributed by atoms with Crippen molar-refractivity contribution < 1.29 is 0 Å². The van der Waals surface area contributed by atoms with Crippen molar-refractivity contribution in [3.05, 3.63) is 52.0 Å². The lowest BCUT2D eigenvalue weighted by Crippen LogP contribution is -2.29. The standard InChI is InChI=1S/C18H24N2S/c1-14-13-21-17(20-14)12-19-18(15-8-4-2-5-9-15)16-10-6-3-7-11-16/h2,4-5,8-9,13,16,18-19H,3,6-7,10-12H2,1H3. The molecule has 1 saturated carbocycles. The third-order valence-electron chi connectivity index (χ3n) is 4.42. The minimum Gasteiger partial charge on any atom is -0.303 e. The fraction of sp³-hybridized carbons (Fsp3) is 0.500. The van der Waals surface area contributed by atoms with Gasteiger partial charge < -0.3 is 5.32 Å². The van der Waals surface area contributed by atoms with Gasteiger partial charge in [0, 0.05) is 23.7 Å². The molecule has 0 spiro atoms. The van der Waals surface area contributed by atoms with Crippen molar-refractivity contribution in [1.82, 2.24) is 10.3 Å². The average molecular weight is 300 g/mol. The quantitative estimate of drug-likeness (QED) is 0.852. The van der Waals surface area contributed by atoms with Gasteiger partial charge in [0.2, 0.25) is 0 Å². The summed E-state index contributed by atoms with van der Waals surface area (Å²) in [6.07, 6.45) is 6.87. The second-order valence-corrected chi connectivity index (χ2v) is 6.99. The number of aryl methyl sites for hydroxylation is 1. The number of benzene rings is 1. The molecule has 3 heteroatoms. The van der Waals surface area contributed by atoms with E-state index in [1.54, 1.807) is 11.3 Å². The first kappa shape index (κ1) is 14.7. The predicted octanol–water partition coefficient (Wildman–Crippen LogP) is 4.86. The van der Waals surface area contributed by atoms with Crippen molar-refractivity contribution in [3.63, 3.8) is 0 Å². The molecule has 1 atom stereocenters. The van der Waals surface area contributed by atoms with Crippen LogP contribution in [0.2, 0.25) is 0 Å². The van der Waals surface area contributed by atoms with Crippen LogP contribution in [0.1, 0.15) is 54.4 Å². The molecule has 1 aromatic heterocycles.